The lowest BCUT2D eigenvalue weighted by Crippen LogP contribution is -2.58. The number of esters is 1. The van der Waals surface area contributed by atoms with Crippen LogP contribution in [0.3, 0.4) is 0 Å². The fraction of sp³-hybridized carbons (Fsp3) is 0.870. The molecule has 27 heavy (non-hydrogen) atoms. The van der Waals surface area contributed by atoms with Crippen LogP contribution < -0.4 is 0 Å². The third kappa shape index (κ3) is 2.81. The minimum atomic E-state index is -0.192. The molecule has 4 nitrogen and oxygen atoms in total. The van der Waals surface area contributed by atoms with Gasteiger partial charge in [0.25, 0.3) is 0 Å². The van der Waals surface area contributed by atoms with E-state index in [1.54, 1.807) is 6.92 Å². The second-order valence-corrected chi connectivity index (χ2v) is 10.4. The second kappa shape index (κ2) is 6.42. The van der Waals surface area contributed by atoms with Crippen molar-refractivity contribution in [3.05, 3.63) is 0 Å². The van der Waals surface area contributed by atoms with Crippen LogP contribution in [0.5, 0.6) is 0 Å². The first kappa shape index (κ1) is 19.1. The average Bonchev–Trinajstić information content (AvgIpc) is 2.91. The fourth-order valence-corrected chi connectivity index (χ4v) is 8.04. The van der Waals surface area contributed by atoms with Crippen molar-refractivity contribution in [1.29, 1.82) is 0 Å². The Morgan fingerprint density at radius 3 is 2.41 bits per heavy atom. The first-order chi connectivity index (χ1) is 12.7. The van der Waals surface area contributed by atoms with E-state index in [0.29, 0.717) is 30.0 Å². The Kier molecular flexibility index (Phi) is 4.55. The van der Waals surface area contributed by atoms with Crippen molar-refractivity contribution in [3.63, 3.8) is 0 Å². The fourth-order valence-electron chi connectivity index (χ4n) is 8.04. The summed E-state index contributed by atoms with van der Waals surface area (Å²) >= 11 is 0. The Balaban J connectivity index is 1.60. The maximum absolute atomic E-state index is 13.5. The molecule has 8 atom stereocenters. The first-order valence-corrected chi connectivity index (χ1v) is 10.9. The molecule has 4 rings (SSSR count). The second-order valence-electron chi connectivity index (χ2n) is 10.4. The predicted octanol–water partition coefficient (Wildman–Crippen LogP) is 4.35. The van der Waals surface area contributed by atoms with E-state index in [4.69, 9.17) is 4.74 Å². The van der Waals surface area contributed by atoms with Gasteiger partial charge in [0, 0.05) is 25.2 Å². The van der Waals surface area contributed by atoms with E-state index in [1.165, 1.54) is 6.92 Å². The summed E-state index contributed by atoms with van der Waals surface area (Å²) in [4.78, 5) is 37.1. The number of hydrogen-bond donors (Lipinski definition) is 0. The number of fused-ring (bicyclic) bond motifs is 5. The Labute approximate surface area is 162 Å². The van der Waals surface area contributed by atoms with Crippen LogP contribution in [0, 0.1) is 40.4 Å². The molecule has 0 aromatic carbocycles. The number of Topliss-reactive ketones (excluding diaryl/α,β-unsaturated/α-hetero) is 2. The highest BCUT2D eigenvalue weighted by Crippen LogP contribution is 2.66. The zero-order chi connectivity index (χ0) is 19.6. The minimum Gasteiger partial charge on any atom is -0.463 e. The van der Waals surface area contributed by atoms with Gasteiger partial charge in [-0.15, -0.1) is 0 Å². The van der Waals surface area contributed by atoms with Gasteiger partial charge in [-0.3, -0.25) is 14.4 Å². The van der Waals surface area contributed by atoms with Gasteiger partial charge in [-0.1, -0.05) is 13.8 Å². The molecule has 0 aromatic rings. The highest BCUT2D eigenvalue weighted by Gasteiger charge is 2.63. The lowest BCUT2D eigenvalue weighted by atomic mass is 9.44. The summed E-state index contributed by atoms with van der Waals surface area (Å²) in [5.74, 6) is 2.11. The third-order valence-corrected chi connectivity index (χ3v) is 9.12. The molecule has 4 aliphatic rings. The van der Waals surface area contributed by atoms with Gasteiger partial charge in [0.2, 0.25) is 0 Å². The zero-order valence-corrected chi connectivity index (χ0v) is 17.3. The Morgan fingerprint density at radius 2 is 1.74 bits per heavy atom. The minimum absolute atomic E-state index is 0.0228. The molecule has 7 unspecified atom stereocenters. The maximum atomic E-state index is 13.5. The van der Waals surface area contributed by atoms with Gasteiger partial charge in [0.05, 0.1) is 0 Å². The van der Waals surface area contributed by atoms with Crippen molar-refractivity contribution < 1.29 is 19.1 Å². The van der Waals surface area contributed by atoms with Crippen LogP contribution in [0.1, 0.15) is 79.1 Å². The van der Waals surface area contributed by atoms with Gasteiger partial charge in [0.1, 0.15) is 17.7 Å². The summed E-state index contributed by atoms with van der Waals surface area (Å²) in [5.41, 5.74) is -0.0888. The van der Waals surface area contributed by atoms with Crippen molar-refractivity contribution >= 4 is 17.5 Å². The van der Waals surface area contributed by atoms with Crippen molar-refractivity contribution in [2.24, 2.45) is 40.4 Å². The van der Waals surface area contributed by atoms with Crippen molar-refractivity contribution in [1.82, 2.24) is 0 Å². The van der Waals surface area contributed by atoms with E-state index in [9.17, 15) is 14.4 Å². The van der Waals surface area contributed by atoms with Gasteiger partial charge in [-0.05, 0) is 80.5 Å². The number of ether oxygens (including phenoxy) is 1. The summed E-state index contributed by atoms with van der Waals surface area (Å²) in [7, 11) is 0. The molecule has 150 valence electrons. The third-order valence-electron chi connectivity index (χ3n) is 9.12. The number of carbonyl (C=O) groups excluding carboxylic acids is 3. The van der Waals surface area contributed by atoms with Crippen LogP contribution in [0.25, 0.3) is 0 Å². The predicted molar refractivity (Wildman–Crippen MR) is 102 cm³/mol. The Morgan fingerprint density at radius 1 is 1.00 bits per heavy atom. The average molecular weight is 375 g/mol. The SMILES string of the molecule is CC(=O)O[C@@H]1CCC2(C)C(CCC3C4CCC(C(C)=O)C4(C)CC(=O)C32)C1. The van der Waals surface area contributed by atoms with Crippen LogP contribution in [-0.2, 0) is 19.1 Å². The first-order valence-electron chi connectivity index (χ1n) is 10.9. The number of rotatable bonds is 2. The molecule has 4 saturated carbocycles. The Bertz CT molecular complexity index is 669. The van der Waals surface area contributed by atoms with Gasteiger partial charge < -0.3 is 4.74 Å². The topological polar surface area (TPSA) is 60.4 Å². The summed E-state index contributed by atoms with van der Waals surface area (Å²) in [6.07, 6.45) is 7.64. The van der Waals surface area contributed by atoms with E-state index >= 15 is 0 Å². The molecule has 0 aromatic heterocycles. The van der Waals surface area contributed by atoms with E-state index in [0.717, 1.165) is 44.9 Å². The van der Waals surface area contributed by atoms with E-state index in [1.807, 2.05) is 0 Å². The maximum Gasteiger partial charge on any atom is 0.302 e. The quantitative estimate of drug-likeness (QED) is 0.675. The zero-order valence-electron chi connectivity index (χ0n) is 17.3. The summed E-state index contributed by atoms with van der Waals surface area (Å²) in [5, 5.41) is 0. The molecule has 0 amide bonds. The van der Waals surface area contributed by atoms with Crippen LogP contribution >= 0.6 is 0 Å². The Hall–Kier alpha value is -1.19. The number of hydrogen-bond acceptors (Lipinski definition) is 4. The highest BCUT2D eigenvalue weighted by atomic mass is 16.5. The van der Waals surface area contributed by atoms with Gasteiger partial charge in [-0.25, -0.2) is 0 Å². The molecule has 4 fully saturated rings. The van der Waals surface area contributed by atoms with Gasteiger partial charge >= 0.3 is 5.97 Å². The van der Waals surface area contributed by atoms with E-state index in [2.05, 4.69) is 13.8 Å². The van der Waals surface area contributed by atoms with Crippen LogP contribution in [0.2, 0.25) is 0 Å². The lowest BCUT2D eigenvalue weighted by molar-refractivity contribution is -0.169. The van der Waals surface area contributed by atoms with Crippen LogP contribution in [-0.4, -0.2) is 23.6 Å². The molecule has 0 bridgehead atoms. The highest BCUT2D eigenvalue weighted by molar-refractivity contribution is 5.87. The van der Waals surface area contributed by atoms with E-state index in [-0.39, 0.29) is 40.5 Å². The van der Waals surface area contributed by atoms with E-state index < -0.39 is 0 Å². The van der Waals surface area contributed by atoms with Gasteiger partial charge in [-0.2, -0.15) is 0 Å². The molecular weight excluding hydrogens is 340 g/mol. The molecule has 0 aliphatic heterocycles. The summed E-state index contributed by atoms with van der Waals surface area (Å²) in [6.45, 7) is 7.75. The molecule has 4 aliphatic carbocycles. The molecule has 0 spiro atoms. The van der Waals surface area contributed by atoms with Crippen molar-refractivity contribution in [2.45, 2.75) is 85.2 Å². The molecule has 0 saturated heterocycles. The normalized spacial score (nSPS) is 49.0. The van der Waals surface area contributed by atoms with Crippen molar-refractivity contribution in [3.8, 4) is 0 Å². The molecule has 0 N–H and O–H groups in total. The largest absolute Gasteiger partial charge is 0.463 e. The standard InChI is InChI=1S/C23H34O4/c1-13(24)18-7-8-19-17-6-5-15-11-16(27-14(2)25)9-10-22(15,3)21(17)20(26)12-23(18,19)4/h15-19,21H,5-12H2,1-4H3/t15?,16-,17?,18?,19?,21?,22?,23?/m1/s1. The molecule has 0 heterocycles. The molecule has 4 heteroatoms. The lowest BCUT2D eigenvalue weighted by Gasteiger charge is -2.59. The van der Waals surface area contributed by atoms with Gasteiger partial charge in [0.15, 0.2) is 0 Å². The van der Waals surface area contributed by atoms with Crippen molar-refractivity contribution in [2.75, 3.05) is 0 Å². The number of ketones is 2. The van der Waals surface area contributed by atoms with Crippen LogP contribution in [0.4, 0.5) is 0 Å². The molecule has 0 radical (unpaired) electrons. The monoisotopic (exact) mass is 374 g/mol. The molecular formula is C23H34O4. The number of carbonyl (C=O) groups is 3. The summed E-state index contributed by atoms with van der Waals surface area (Å²) < 4.78 is 5.51. The van der Waals surface area contributed by atoms with Crippen LogP contribution in [0.15, 0.2) is 0 Å². The summed E-state index contributed by atoms with van der Waals surface area (Å²) in [6, 6.07) is 0. The smallest absolute Gasteiger partial charge is 0.302 e.